The van der Waals surface area contributed by atoms with Crippen molar-refractivity contribution >= 4 is 23.5 Å². The van der Waals surface area contributed by atoms with Crippen LogP contribution in [-0.2, 0) is 25.7 Å². The van der Waals surface area contributed by atoms with Gasteiger partial charge in [-0.1, -0.05) is 42.5 Å². The molecule has 1 fully saturated rings. The predicted molar refractivity (Wildman–Crippen MR) is 126 cm³/mol. The number of amides is 2. The van der Waals surface area contributed by atoms with Gasteiger partial charge in [-0.05, 0) is 68.7 Å². The van der Waals surface area contributed by atoms with E-state index in [4.69, 9.17) is 4.74 Å². The molecule has 0 radical (unpaired) electrons. The molecule has 0 spiro atoms. The molecule has 0 saturated heterocycles. The van der Waals surface area contributed by atoms with E-state index in [1.54, 1.807) is 0 Å². The van der Waals surface area contributed by atoms with Crippen LogP contribution in [0.5, 0.6) is 0 Å². The van der Waals surface area contributed by atoms with Crippen LogP contribution in [0.25, 0.3) is 0 Å². The molecule has 0 unspecified atom stereocenters. The second-order valence-corrected chi connectivity index (χ2v) is 9.12. The topological polar surface area (TPSA) is 105 Å². The maximum absolute atomic E-state index is 12.4. The van der Waals surface area contributed by atoms with Gasteiger partial charge in [-0.15, -0.1) is 0 Å². The van der Waals surface area contributed by atoms with Crippen LogP contribution in [0, 0.1) is 5.92 Å². The lowest BCUT2D eigenvalue weighted by Crippen LogP contribution is -2.51. The minimum absolute atomic E-state index is 0.0125. The highest BCUT2D eigenvalue weighted by Gasteiger charge is 2.33. The summed E-state index contributed by atoms with van der Waals surface area (Å²) >= 11 is 0. The van der Waals surface area contributed by atoms with Crippen molar-refractivity contribution in [1.29, 1.82) is 0 Å². The number of rotatable bonds is 9. The van der Waals surface area contributed by atoms with E-state index in [1.807, 2.05) is 54.6 Å². The highest BCUT2D eigenvalue weighted by Crippen LogP contribution is 2.36. The van der Waals surface area contributed by atoms with Crippen LogP contribution in [0.3, 0.4) is 0 Å². The maximum atomic E-state index is 12.4. The summed E-state index contributed by atoms with van der Waals surface area (Å²) in [6, 6.07) is 17.5. The lowest BCUT2D eigenvalue weighted by atomic mass is 9.78. The summed E-state index contributed by atoms with van der Waals surface area (Å²) in [7, 11) is 0. The summed E-state index contributed by atoms with van der Waals surface area (Å²) in [6.45, 7) is 3.37. The highest BCUT2D eigenvalue weighted by atomic mass is 16.5. The van der Waals surface area contributed by atoms with Crippen LogP contribution >= 0.6 is 0 Å². The Kier molecular flexibility index (Phi) is 8.22. The van der Waals surface area contributed by atoms with E-state index in [9.17, 15) is 19.5 Å². The summed E-state index contributed by atoms with van der Waals surface area (Å²) in [4.78, 5) is 35.8. The van der Waals surface area contributed by atoms with Crippen molar-refractivity contribution in [3.05, 3.63) is 65.7 Å². The monoisotopic (exact) mass is 452 g/mol. The zero-order valence-electron chi connectivity index (χ0n) is 19.2. The van der Waals surface area contributed by atoms with Crippen LogP contribution in [0.1, 0.15) is 56.6 Å². The van der Waals surface area contributed by atoms with E-state index in [0.29, 0.717) is 12.5 Å². The van der Waals surface area contributed by atoms with Gasteiger partial charge in [-0.2, -0.15) is 0 Å². The molecular formula is C26H32N2O5. The number of hydrogen-bond donors (Lipinski definition) is 3. The summed E-state index contributed by atoms with van der Waals surface area (Å²) in [5.41, 5.74) is 1.65. The first kappa shape index (κ1) is 24.5. The second-order valence-electron chi connectivity index (χ2n) is 9.12. The lowest BCUT2D eigenvalue weighted by Gasteiger charge is -2.30. The molecule has 7 nitrogen and oxygen atoms in total. The van der Waals surface area contributed by atoms with Gasteiger partial charge < -0.3 is 20.5 Å². The summed E-state index contributed by atoms with van der Waals surface area (Å²) < 4.78 is 5.47. The minimum Gasteiger partial charge on any atom is -0.480 e. The predicted octanol–water partition coefficient (Wildman–Crippen LogP) is 4.10. The number of carbonyl (C=O) groups excluding carboxylic acids is 2. The Morgan fingerprint density at radius 3 is 2.21 bits per heavy atom. The van der Waals surface area contributed by atoms with Gasteiger partial charge in [0.15, 0.2) is 0 Å². The molecule has 3 N–H and O–H groups in total. The SMILES string of the molecule is CC(C)(NC(=O)[C@H]1CC[C@@H](c2ccc(NC(=O)COCc3ccccc3)cc2)CC1)C(=O)O. The third-order valence-corrected chi connectivity index (χ3v) is 6.08. The van der Waals surface area contributed by atoms with Gasteiger partial charge in [0, 0.05) is 11.6 Å². The van der Waals surface area contributed by atoms with Crippen molar-refractivity contribution in [2.45, 2.75) is 57.6 Å². The molecule has 1 aliphatic rings. The Balaban J connectivity index is 1.42. The molecule has 33 heavy (non-hydrogen) atoms. The second kappa shape index (κ2) is 11.1. The Bertz CT molecular complexity index is 948. The van der Waals surface area contributed by atoms with E-state index < -0.39 is 11.5 Å². The number of carboxylic acids is 1. The van der Waals surface area contributed by atoms with Crippen molar-refractivity contribution in [3.8, 4) is 0 Å². The molecule has 2 aromatic carbocycles. The quantitative estimate of drug-likeness (QED) is 0.531. The van der Waals surface area contributed by atoms with E-state index in [-0.39, 0.29) is 24.3 Å². The lowest BCUT2D eigenvalue weighted by molar-refractivity contribution is -0.146. The smallest absolute Gasteiger partial charge is 0.328 e. The van der Waals surface area contributed by atoms with E-state index in [2.05, 4.69) is 10.6 Å². The molecule has 0 atom stereocenters. The fourth-order valence-electron chi connectivity index (χ4n) is 4.02. The molecular weight excluding hydrogens is 420 g/mol. The van der Waals surface area contributed by atoms with Crippen LogP contribution in [0.4, 0.5) is 5.69 Å². The van der Waals surface area contributed by atoms with Gasteiger partial charge in [0.05, 0.1) is 6.61 Å². The largest absolute Gasteiger partial charge is 0.480 e. The molecule has 0 heterocycles. The van der Waals surface area contributed by atoms with Gasteiger partial charge in [-0.3, -0.25) is 9.59 Å². The summed E-state index contributed by atoms with van der Waals surface area (Å²) in [6.07, 6.45) is 3.18. The number of aliphatic carboxylic acids is 1. The summed E-state index contributed by atoms with van der Waals surface area (Å²) in [5, 5.41) is 14.7. The first-order chi connectivity index (χ1) is 15.7. The minimum atomic E-state index is -1.26. The maximum Gasteiger partial charge on any atom is 0.328 e. The number of nitrogens with one attached hydrogen (secondary N) is 2. The van der Waals surface area contributed by atoms with E-state index in [0.717, 1.165) is 36.9 Å². The average molecular weight is 453 g/mol. The van der Waals surface area contributed by atoms with E-state index in [1.165, 1.54) is 19.4 Å². The van der Waals surface area contributed by atoms with Gasteiger partial charge >= 0.3 is 5.97 Å². The molecule has 2 amide bonds. The molecule has 3 rings (SSSR count). The Morgan fingerprint density at radius 2 is 1.61 bits per heavy atom. The molecule has 1 saturated carbocycles. The van der Waals surface area contributed by atoms with Gasteiger partial charge in [0.2, 0.25) is 11.8 Å². The van der Waals surface area contributed by atoms with Crippen molar-refractivity contribution in [3.63, 3.8) is 0 Å². The van der Waals surface area contributed by atoms with Gasteiger partial charge in [0.25, 0.3) is 0 Å². The standard InChI is InChI=1S/C26H32N2O5/c1-26(2,25(31)32)28-24(30)21-10-8-19(9-11-21)20-12-14-22(15-13-20)27-23(29)17-33-16-18-6-4-3-5-7-18/h3-7,12-15,19,21H,8-11,16-17H2,1-2H3,(H,27,29)(H,28,30)(H,31,32)/t19-,21+. The van der Waals surface area contributed by atoms with Gasteiger partial charge in [0.1, 0.15) is 12.1 Å². The molecule has 0 aromatic heterocycles. The van der Waals surface area contributed by atoms with Crippen LogP contribution in [-0.4, -0.2) is 35.0 Å². The molecule has 7 heteroatoms. The van der Waals surface area contributed by atoms with E-state index >= 15 is 0 Å². The van der Waals surface area contributed by atoms with Gasteiger partial charge in [-0.25, -0.2) is 4.79 Å². The molecule has 0 bridgehead atoms. The third kappa shape index (κ3) is 7.15. The highest BCUT2D eigenvalue weighted by molar-refractivity contribution is 5.91. The fraction of sp³-hybridized carbons (Fsp3) is 0.423. The number of ether oxygens (including phenoxy) is 1. The normalized spacial score (nSPS) is 18.4. The van der Waals surface area contributed by atoms with Crippen molar-refractivity contribution in [2.75, 3.05) is 11.9 Å². The van der Waals surface area contributed by atoms with Crippen LogP contribution < -0.4 is 10.6 Å². The zero-order valence-corrected chi connectivity index (χ0v) is 19.2. The molecule has 0 aliphatic heterocycles. The molecule has 2 aromatic rings. The number of carboxylic acid groups (broad SMARTS) is 1. The van der Waals surface area contributed by atoms with Crippen molar-refractivity contribution < 1.29 is 24.2 Å². The Morgan fingerprint density at radius 1 is 0.970 bits per heavy atom. The fourth-order valence-corrected chi connectivity index (χ4v) is 4.02. The first-order valence-electron chi connectivity index (χ1n) is 11.3. The zero-order chi connectivity index (χ0) is 23.8. The summed E-state index contributed by atoms with van der Waals surface area (Å²) in [5.74, 6) is -1.24. The Labute approximate surface area is 194 Å². The Hall–Kier alpha value is -3.19. The number of anilines is 1. The first-order valence-corrected chi connectivity index (χ1v) is 11.3. The average Bonchev–Trinajstić information content (AvgIpc) is 2.80. The number of benzene rings is 2. The molecule has 1 aliphatic carbocycles. The number of carbonyl (C=O) groups is 3. The molecule has 176 valence electrons. The van der Waals surface area contributed by atoms with Crippen LogP contribution in [0.2, 0.25) is 0 Å². The third-order valence-electron chi connectivity index (χ3n) is 6.08. The van der Waals surface area contributed by atoms with Crippen LogP contribution in [0.15, 0.2) is 54.6 Å². The van der Waals surface area contributed by atoms with Crippen molar-refractivity contribution in [1.82, 2.24) is 5.32 Å². The van der Waals surface area contributed by atoms with Crippen molar-refractivity contribution in [2.24, 2.45) is 5.92 Å². The number of hydrogen-bond acceptors (Lipinski definition) is 4.